The van der Waals surface area contributed by atoms with Crippen LogP contribution < -0.4 is 0 Å². The maximum absolute atomic E-state index is 10.8. The van der Waals surface area contributed by atoms with Crippen LogP contribution in [0.15, 0.2) is 18.2 Å². The van der Waals surface area contributed by atoms with Crippen LogP contribution in [0.5, 0.6) is 0 Å². The highest BCUT2D eigenvalue weighted by atomic mass is 16.4. The second kappa shape index (κ2) is 5.27. The van der Waals surface area contributed by atoms with Crippen molar-refractivity contribution in [3.05, 3.63) is 29.6 Å². The second-order valence-corrected chi connectivity index (χ2v) is 4.84. The minimum absolute atomic E-state index is 0.0842. The molecule has 17 heavy (non-hydrogen) atoms. The summed E-state index contributed by atoms with van der Waals surface area (Å²) >= 11 is 0. The number of hydrogen-bond donors (Lipinski definition) is 1. The van der Waals surface area contributed by atoms with Crippen molar-refractivity contribution in [2.24, 2.45) is 0 Å². The van der Waals surface area contributed by atoms with Crippen molar-refractivity contribution in [2.45, 2.75) is 39.3 Å². The molecule has 0 aliphatic heterocycles. The summed E-state index contributed by atoms with van der Waals surface area (Å²) in [6, 6.07) is 5.10. The van der Waals surface area contributed by atoms with Crippen molar-refractivity contribution in [3.63, 3.8) is 0 Å². The smallest absolute Gasteiger partial charge is 0.354 e. The van der Waals surface area contributed by atoms with Gasteiger partial charge in [-0.15, -0.1) is 0 Å². The third-order valence-electron chi connectivity index (χ3n) is 3.32. The third-order valence-corrected chi connectivity index (χ3v) is 3.32. The summed E-state index contributed by atoms with van der Waals surface area (Å²) in [5.74, 6) is -0.982. The van der Waals surface area contributed by atoms with Crippen LogP contribution in [0.25, 0.3) is 0 Å². The molecule has 0 spiro atoms. The molecule has 4 heteroatoms. The molecule has 1 heterocycles. The number of aromatic nitrogens is 1. The summed E-state index contributed by atoms with van der Waals surface area (Å²) in [5, 5.41) is 8.87. The fourth-order valence-electron chi connectivity index (χ4n) is 1.41. The molecule has 0 fully saturated rings. The second-order valence-electron chi connectivity index (χ2n) is 4.84. The minimum atomic E-state index is -0.982. The van der Waals surface area contributed by atoms with Gasteiger partial charge < -0.3 is 5.11 Å². The molecule has 1 rings (SSSR count). The Morgan fingerprint density at radius 1 is 1.47 bits per heavy atom. The first-order chi connectivity index (χ1) is 7.86. The SMILES string of the molecule is CCC(C)(C)N(C)Cc1cccc(C(=O)O)n1. The zero-order valence-corrected chi connectivity index (χ0v) is 10.9. The Hall–Kier alpha value is -1.42. The van der Waals surface area contributed by atoms with E-state index in [0.717, 1.165) is 12.1 Å². The van der Waals surface area contributed by atoms with Gasteiger partial charge in [0.25, 0.3) is 0 Å². The van der Waals surface area contributed by atoms with Crippen LogP contribution in [0.1, 0.15) is 43.4 Å². The molecule has 0 unspecified atom stereocenters. The lowest BCUT2D eigenvalue weighted by molar-refractivity contribution is 0.0689. The van der Waals surface area contributed by atoms with Crippen LogP contribution in [0, 0.1) is 0 Å². The molecule has 0 aromatic carbocycles. The zero-order valence-electron chi connectivity index (χ0n) is 10.9. The molecule has 0 aliphatic rings. The van der Waals surface area contributed by atoms with Crippen LogP contribution in [0.2, 0.25) is 0 Å². The Labute approximate surface area is 102 Å². The quantitative estimate of drug-likeness (QED) is 0.853. The van der Waals surface area contributed by atoms with Crippen LogP contribution in [-0.4, -0.2) is 33.5 Å². The number of nitrogens with zero attached hydrogens (tertiary/aromatic N) is 2. The summed E-state index contributed by atoms with van der Waals surface area (Å²) in [4.78, 5) is 17.1. The van der Waals surface area contributed by atoms with E-state index < -0.39 is 5.97 Å². The van der Waals surface area contributed by atoms with Gasteiger partial charge in [0, 0.05) is 12.1 Å². The number of carboxylic acid groups (broad SMARTS) is 1. The van der Waals surface area contributed by atoms with Gasteiger partial charge in [-0.3, -0.25) is 4.90 Å². The molecule has 1 aromatic heterocycles. The average Bonchev–Trinajstić information content (AvgIpc) is 2.29. The highest BCUT2D eigenvalue weighted by Gasteiger charge is 2.21. The van der Waals surface area contributed by atoms with Gasteiger partial charge in [-0.25, -0.2) is 9.78 Å². The molecule has 0 aliphatic carbocycles. The first-order valence-electron chi connectivity index (χ1n) is 5.77. The fraction of sp³-hybridized carbons (Fsp3) is 0.538. The van der Waals surface area contributed by atoms with Gasteiger partial charge in [0.2, 0.25) is 0 Å². The first kappa shape index (κ1) is 13.6. The summed E-state index contributed by atoms with van der Waals surface area (Å²) in [6.07, 6.45) is 1.03. The highest BCUT2D eigenvalue weighted by molar-refractivity contribution is 5.85. The predicted molar refractivity (Wildman–Crippen MR) is 67.0 cm³/mol. The van der Waals surface area contributed by atoms with Crippen molar-refractivity contribution in [3.8, 4) is 0 Å². The normalized spacial score (nSPS) is 11.8. The Bertz CT molecular complexity index is 402. The molecule has 0 bridgehead atoms. The van der Waals surface area contributed by atoms with E-state index in [4.69, 9.17) is 5.11 Å². The van der Waals surface area contributed by atoms with Gasteiger partial charge in [-0.2, -0.15) is 0 Å². The summed E-state index contributed by atoms with van der Waals surface area (Å²) in [5.41, 5.74) is 0.972. The van der Waals surface area contributed by atoms with Gasteiger partial charge in [0.05, 0.1) is 5.69 Å². The van der Waals surface area contributed by atoms with Crippen molar-refractivity contribution >= 4 is 5.97 Å². The number of pyridine rings is 1. The number of carboxylic acids is 1. The van der Waals surface area contributed by atoms with E-state index in [1.807, 2.05) is 13.1 Å². The van der Waals surface area contributed by atoms with E-state index in [9.17, 15) is 4.79 Å². The summed E-state index contributed by atoms with van der Waals surface area (Å²) in [7, 11) is 2.03. The molecular weight excluding hydrogens is 216 g/mol. The maximum Gasteiger partial charge on any atom is 0.354 e. The van der Waals surface area contributed by atoms with Crippen LogP contribution >= 0.6 is 0 Å². The zero-order chi connectivity index (χ0) is 13.1. The van der Waals surface area contributed by atoms with E-state index >= 15 is 0 Å². The molecular formula is C13H20N2O2. The molecule has 0 amide bonds. The van der Waals surface area contributed by atoms with E-state index in [1.54, 1.807) is 6.07 Å². The van der Waals surface area contributed by atoms with Gasteiger partial charge in [0.15, 0.2) is 0 Å². The Kier molecular flexibility index (Phi) is 4.23. The van der Waals surface area contributed by atoms with Gasteiger partial charge in [0.1, 0.15) is 5.69 Å². The molecule has 1 N–H and O–H groups in total. The summed E-state index contributed by atoms with van der Waals surface area (Å²) in [6.45, 7) is 7.11. The van der Waals surface area contributed by atoms with Crippen LogP contribution in [0.4, 0.5) is 0 Å². The van der Waals surface area contributed by atoms with Crippen molar-refractivity contribution < 1.29 is 9.90 Å². The average molecular weight is 236 g/mol. The maximum atomic E-state index is 10.8. The number of rotatable bonds is 5. The summed E-state index contributed by atoms with van der Waals surface area (Å²) < 4.78 is 0. The van der Waals surface area contributed by atoms with E-state index in [1.165, 1.54) is 6.07 Å². The van der Waals surface area contributed by atoms with Crippen molar-refractivity contribution in [1.82, 2.24) is 9.88 Å². The molecule has 0 radical (unpaired) electrons. The minimum Gasteiger partial charge on any atom is -0.477 e. The molecule has 0 saturated carbocycles. The lowest BCUT2D eigenvalue weighted by Gasteiger charge is -2.34. The number of aromatic carboxylic acids is 1. The fourth-order valence-corrected chi connectivity index (χ4v) is 1.41. The Balaban J connectivity index is 2.82. The number of carbonyl (C=O) groups is 1. The lowest BCUT2D eigenvalue weighted by atomic mass is 10.00. The van der Waals surface area contributed by atoms with E-state index in [0.29, 0.717) is 6.54 Å². The van der Waals surface area contributed by atoms with Gasteiger partial charge in [-0.1, -0.05) is 13.0 Å². The molecule has 0 saturated heterocycles. The predicted octanol–water partition coefficient (Wildman–Crippen LogP) is 2.40. The molecule has 4 nitrogen and oxygen atoms in total. The van der Waals surface area contributed by atoms with E-state index in [-0.39, 0.29) is 11.2 Å². The molecule has 94 valence electrons. The van der Waals surface area contributed by atoms with Crippen LogP contribution in [-0.2, 0) is 6.54 Å². The van der Waals surface area contributed by atoms with Crippen molar-refractivity contribution in [2.75, 3.05) is 7.05 Å². The number of hydrogen-bond acceptors (Lipinski definition) is 3. The lowest BCUT2D eigenvalue weighted by Crippen LogP contribution is -2.40. The monoisotopic (exact) mass is 236 g/mol. The third kappa shape index (κ3) is 3.53. The standard InChI is InChI=1S/C13H20N2O2/c1-5-13(2,3)15(4)9-10-7-6-8-11(14-10)12(16)17/h6-8H,5,9H2,1-4H3,(H,16,17). The topological polar surface area (TPSA) is 53.4 Å². The first-order valence-corrected chi connectivity index (χ1v) is 5.77. The Morgan fingerprint density at radius 2 is 2.12 bits per heavy atom. The molecule has 0 atom stereocenters. The largest absolute Gasteiger partial charge is 0.477 e. The van der Waals surface area contributed by atoms with Crippen LogP contribution in [0.3, 0.4) is 0 Å². The highest BCUT2D eigenvalue weighted by Crippen LogP contribution is 2.18. The van der Waals surface area contributed by atoms with Crippen molar-refractivity contribution in [1.29, 1.82) is 0 Å². The Morgan fingerprint density at radius 3 is 2.65 bits per heavy atom. The van der Waals surface area contributed by atoms with Gasteiger partial charge >= 0.3 is 5.97 Å². The van der Waals surface area contributed by atoms with E-state index in [2.05, 4.69) is 30.7 Å². The van der Waals surface area contributed by atoms with Gasteiger partial charge in [-0.05, 0) is 39.4 Å². The molecule has 1 aromatic rings.